The molecule has 0 saturated carbocycles. The molecule has 74 valence electrons. The maximum Gasteiger partial charge on any atom is 0.322 e. The lowest BCUT2D eigenvalue weighted by Gasteiger charge is -1.96. The fourth-order valence-corrected chi connectivity index (χ4v) is 0.0781. The number of aliphatic carboxylic acids is 1. The van der Waals surface area contributed by atoms with Crippen molar-refractivity contribution in [3.05, 3.63) is 0 Å². The Morgan fingerprint density at radius 2 is 1.75 bits per heavy atom. The quantitative estimate of drug-likeness (QED) is 0.335. The molecule has 0 saturated heterocycles. The van der Waals surface area contributed by atoms with Gasteiger partial charge in [-0.05, 0) is 6.92 Å². The smallest absolute Gasteiger partial charge is 0.322 e. The lowest BCUT2D eigenvalue weighted by molar-refractivity contribution is -0.139. The van der Waals surface area contributed by atoms with Crippen LogP contribution in [0.1, 0.15) is 6.92 Å². The molecule has 6 nitrogen and oxygen atoms in total. The van der Waals surface area contributed by atoms with Gasteiger partial charge >= 0.3 is 5.97 Å². The molecule has 0 heterocycles. The van der Waals surface area contributed by atoms with Crippen LogP contribution < -0.4 is 5.73 Å². The molecule has 0 fully saturated rings. The lowest BCUT2D eigenvalue weighted by atomic mass is 10.3. The van der Waals surface area contributed by atoms with Gasteiger partial charge in [0.1, 0.15) is 6.04 Å². The van der Waals surface area contributed by atoms with Crippen LogP contribution in [0.25, 0.3) is 0 Å². The van der Waals surface area contributed by atoms with Gasteiger partial charge in [-0.15, -0.1) is 0 Å². The van der Waals surface area contributed by atoms with Gasteiger partial charge < -0.3 is 26.2 Å². The van der Waals surface area contributed by atoms with E-state index < -0.39 is 24.7 Å². The zero-order valence-electron chi connectivity index (χ0n) is 6.84. The van der Waals surface area contributed by atoms with Crippen LogP contribution in [0.4, 0.5) is 0 Å². The topological polar surface area (TPSA) is 124 Å². The zero-order chi connectivity index (χ0) is 10.1. The monoisotopic (exact) mass is 181 g/mol. The second-order valence-electron chi connectivity index (χ2n) is 2.16. The normalized spacial score (nSPS) is 14.1. The number of rotatable bonds is 3. The summed E-state index contributed by atoms with van der Waals surface area (Å²) in [6, 6.07) is -1.13. The van der Waals surface area contributed by atoms with E-state index in [0.29, 0.717) is 0 Å². The van der Waals surface area contributed by atoms with Gasteiger partial charge in [0.2, 0.25) is 0 Å². The van der Waals surface area contributed by atoms with E-state index >= 15 is 0 Å². The van der Waals surface area contributed by atoms with Gasteiger partial charge in [-0.25, -0.2) is 0 Å². The van der Waals surface area contributed by atoms with Crippen molar-refractivity contribution in [2.75, 3.05) is 13.2 Å². The van der Waals surface area contributed by atoms with E-state index in [9.17, 15) is 4.79 Å². The van der Waals surface area contributed by atoms with Gasteiger partial charge in [-0.2, -0.15) is 0 Å². The van der Waals surface area contributed by atoms with Gasteiger partial charge in [-0.1, -0.05) is 0 Å². The van der Waals surface area contributed by atoms with Crippen LogP contribution in [0.2, 0.25) is 0 Å². The van der Waals surface area contributed by atoms with Gasteiger partial charge in [-0.3, -0.25) is 4.79 Å². The second-order valence-corrected chi connectivity index (χ2v) is 2.16. The van der Waals surface area contributed by atoms with Crippen molar-refractivity contribution in [3.8, 4) is 0 Å². The van der Waals surface area contributed by atoms with E-state index in [1.54, 1.807) is 0 Å². The summed E-state index contributed by atoms with van der Waals surface area (Å²) in [6.45, 7) is 0.884. The second kappa shape index (κ2) is 8.41. The molecule has 0 bridgehead atoms. The minimum Gasteiger partial charge on any atom is -0.480 e. The first-order valence-corrected chi connectivity index (χ1v) is 3.33. The van der Waals surface area contributed by atoms with Gasteiger partial charge in [0.25, 0.3) is 0 Å². The molecule has 0 aromatic carbocycles. The molecule has 0 aliphatic heterocycles. The largest absolute Gasteiger partial charge is 0.480 e. The first-order chi connectivity index (χ1) is 5.45. The summed E-state index contributed by atoms with van der Waals surface area (Å²) in [5.41, 5.74) is 4.77. The highest BCUT2D eigenvalue weighted by molar-refractivity contribution is 5.73. The van der Waals surface area contributed by atoms with Crippen LogP contribution in [0.15, 0.2) is 0 Å². The van der Waals surface area contributed by atoms with Gasteiger partial charge in [0, 0.05) is 0 Å². The minimum absolute atomic E-state index is 0.139. The Labute approximate surface area is 70.2 Å². The van der Waals surface area contributed by atoms with E-state index in [-0.39, 0.29) is 6.61 Å². The van der Waals surface area contributed by atoms with Crippen LogP contribution >= 0.6 is 0 Å². The molecular formula is C6H15NO5. The highest BCUT2D eigenvalue weighted by atomic mass is 16.4. The van der Waals surface area contributed by atoms with Crippen molar-refractivity contribution >= 4 is 5.97 Å². The Bertz CT molecular complexity index is 117. The van der Waals surface area contributed by atoms with Crippen LogP contribution in [0.3, 0.4) is 0 Å². The predicted molar refractivity (Wildman–Crippen MR) is 41.5 cm³/mol. The summed E-state index contributed by atoms with van der Waals surface area (Å²) >= 11 is 0. The molecule has 0 radical (unpaired) electrons. The molecule has 0 aliphatic rings. The van der Waals surface area contributed by atoms with Crippen LogP contribution in [-0.4, -0.2) is 51.8 Å². The molecule has 0 amide bonds. The van der Waals surface area contributed by atoms with Crippen molar-refractivity contribution in [2.45, 2.75) is 19.1 Å². The lowest BCUT2D eigenvalue weighted by Crippen LogP contribution is -2.33. The number of carbonyl (C=O) groups is 1. The van der Waals surface area contributed by atoms with Crippen molar-refractivity contribution in [3.63, 3.8) is 0 Å². The van der Waals surface area contributed by atoms with E-state index in [2.05, 4.69) is 0 Å². The van der Waals surface area contributed by atoms with Crippen molar-refractivity contribution in [2.24, 2.45) is 5.73 Å². The maximum absolute atomic E-state index is 9.65. The Morgan fingerprint density at radius 1 is 1.42 bits per heavy atom. The molecule has 0 rings (SSSR count). The first kappa shape index (κ1) is 13.9. The van der Waals surface area contributed by atoms with Crippen molar-refractivity contribution in [1.29, 1.82) is 0 Å². The molecule has 6 N–H and O–H groups in total. The van der Waals surface area contributed by atoms with Crippen LogP contribution in [0.5, 0.6) is 0 Å². The summed E-state index contributed by atoms with van der Waals surface area (Å²) in [5, 5.41) is 31.9. The molecule has 12 heavy (non-hydrogen) atoms. The number of nitrogens with two attached hydrogens (primary N) is 1. The van der Waals surface area contributed by atoms with Gasteiger partial charge in [0.15, 0.2) is 0 Å². The van der Waals surface area contributed by atoms with Crippen molar-refractivity contribution in [1.82, 2.24) is 0 Å². The Kier molecular flexibility index (Phi) is 9.72. The molecule has 0 spiro atoms. The zero-order valence-corrected chi connectivity index (χ0v) is 6.84. The Hall–Kier alpha value is -0.690. The van der Waals surface area contributed by atoms with E-state index in [1.165, 1.54) is 6.92 Å². The summed E-state index contributed by atoms with van der Waals surface area (Å²) < 4.78 is 0. The van der Waals surface area contributed by atoms with E-state index in [4.69, 9.17) is 26.2 Å². The van der Waals surface area contributed by atoms with E-state index in [1.807, 2.05) is 0 Å². The molecule has 2 atom stereocenters. The van der Waals surface area contributed by atoms with Gasteiger partial charge in [0.05, 0.1) is 19.3 Å². The summed E-state index contributed by atoms with van der Waals surface area (Å²) in [6.07, 6.45) is -0.560. The number of carboxylic acids is 1. The minimum atomic E-state index is -1.18. The summed E-state index contributed by atoms with van der Waals surface area (Å²) in [5.74, 6) is -1.18. The molecule has 0 aliphatic carbocycles. The molecule has 6 heteroatoms. The average molecular weight is 181 g/mol. The highest BCUT2D eigenvalue weighted by Crippen LogP contribution is 1.71. The maximum atomic E-state index is 9.65. The Morgan fingerprint density at radius 3 is 1.75 bits per heavy atom. The number of hydrogen-bond acceptors (Lipinski definition) is 5. The fourth-order valence-electron chi connectivity index (χ4n) is 0.0781. The predicted octanol–water partition coefficient (Wildman–Crippen LogP) is -2.25. The third-order valence-electron chi connectivity index (χ3n) is 0.778. The highest BCUT2D eigenvalue weighted by Gasteiger charge is 2.06. The number of aliphatic hydroxyl groups excluding tert-OH is 3. The summed E-state index contributed by atoms with van der Waals surface area (Å²) in [4.78, 5) is 9.65. The molecule has 1 unspecified atom stereocenters. The number of aliphatic hydroxyl groups is 3. The van der Waals surface area contributed by atoms with Crippen LogP contribution in [-0.2, 0) is 4.79 Å². The molecule has 0 aromatic rings. The SMILES string of the molecule is CC(O)CO.N[C@@H](CO)C(=O)O. The molecule has 0 aromatic heterocycles. The summed E-state index contributed by atoms with van der Waals surface area (Å²) in [7, 11) is 0. The molecular weight excluding hydrogens is 166 g/mol. The Balaban J connectivity index is 0. The van der Waals surface area contributed by atoms with E-state index in [0.717, 1.165) is 0 Å². The third kappa shape index (κ3) is 12.0. The number of hydrogen-bond donors (Lipinski definition) is 5. The number of carboxylic acid groups (broad SMARTS) is 1. The fraction of sp³-hybridized carbons (Fsp3) is 0.833. The average Bonchev–Trinajstić information content (AvgIpc) is 2.04. The van der Waals surface area contributed by atoms with Crippen LogP contribution in [0, 0.1) is 0 Å². The first-order valence-electron chi connectivity index (χ1n) is 3.33. The standard InChI is InChI=1S/C3H7NO3.C3H8O2/c4-2(1-5)3(6)7;1-3(5)2-4/h2,5H,1,4H2,(H,6,7);3-5H,2H2,1H3/t2-;/m0./s1. The van der Waals surface area contributed by atoms with Crippen molar-refractivity contribution < 1.29 is 25.2 Å². The third-order valence-corrected chi connectivity index (χ3v) is 0.778.